The largest absolute Gasteiger partial charge is 0.507 e. The van der Waals surface area contributed by atoms with Crippen LogP contribution in [0, 0.1) is 11.8 Å². The Hall–Kier alpha value is -1.51. The molecule has 3 nitrogen and oxygen atoms in total. The van der Waals surface area contributed by atoms with Gasteiger partial charge in [0.05, 0.1) is 0 Å². The number of carbonyl (C=O) groups is 1. The van der Waals surface area contributed by atoms with Gasteiger partial charge in [-0.2, -0.15) is 0 Å². The summed E-state index contributed by atoms with van der Waals surface area (Å²) in [4.78, 5) is 11.6. The zero-order chi connectivity index (χ0) is 17.5. The Labute approximate surface area is 134 Å². The Morgan fingerprint density at radius 2 is 1.41 bits per heavy atom. The molecule has 0 spiro atoms. The van der Waals surface area contributed by atoms with Gasteiger partial charge < -0.3 is 10.2 Å². The quantitative estimate of drug-likeness (QED) is 0.808. The number of hydrogen-bond donors (Lipinski definition) is 2. The third kappa shape index (κ3) is 3.13. The van der Waals surface area contributed by atoms with Crippen molar-refractivity contribution in [3.8, 4) is 5.75 Å². The fourth-order valence-electron chi connectivity index (χ4n) is 2.31. The van der Waals surface area contributed by atoms with E-state index in [4.69, 9.17) is 0 Å². The van der Waals surface area contributed by atoms with E-state index in [0.29, 0.717) is 11.5 Å². The molecule has 0 aliphatic heterocycles. The first kappa shape index (κ1) is 18.5. The van der Waals surface area contributed by atoms with E-state index in [1.54, 1.807) is 6.07 Å². The maximum atomic E-state index is 11.6. The van der Waals surface area contributed by atoms with Gasteiger partial charge in [-0.1, -0.05) is 61.5 Å². The van der Waals surface area contributed by atoms with Crippen molar-refractivity contribution in [2.24, 2.45) is 11.8 Å². The summed E-state index contributed by atoms with van der Waals surface area (Å²) in [6.45, 7) is 16.7. The molecule has 0 saturated carbocycles. The van der Waals surface area contributed by atoms with E-state index in [-0.39, 0.29) is 28.1 Å². The molecule has 0 amide bonds. The zero-order valence-corrected chi connectivity index (χ0v) is 15.1. The lowest BCUT2D eigenvalue weighted by Crippen LogP contribution is -2.29. The maximum absolute atomic E-state index is 11.6. The number of aromatic hydroxyl groups is 1. The summed E-state index contributed by atoms with van der Waals surface area (Å²) < 4.78 is 0. The molecule has 3 heteroatoms. The molecule has 22 heavy (non-hydrogen) atoms. The maximum Gasteiger partial charge on any atom is 0.339 e. The van der Waals surface area contributed by atoms with Crippen molar-refractivity contribution in [2.45, 2.75) is 66.2 Å². The van der Waals surface area contributed by atoms with Crippen LogP contribution in [-0.4, -0.2) is 16.2 Å². The van der Waals surface area contributed by atoms with Gasteiger partial charge in [0.15, 0.2) is 0 Å². The molecule has 0 radical (unpaired) electrons. The molecule has 0 aliphatic carbocycles. The Kier molecular flexibility index (Phi) is 5.01. The highest BCUT2D eigenvalue weighted by Crippen LogP contribution is 2.42. The summed E-state index contributed by atoms with van der Waals surface area (Å²) in [6.07, 6.45) is 0. The molecule has 0 bridgehead atoms. The number of carboxylic acids is 1. The number of rotatable bonds is 5. The summed E-state index contributed by atoms with van der Waals surface area (Å²) in [6, 6.07) is 3.61. The number of phenols is 1. The fraction of sp³-hybridized carbons (Fsp3) is 0.632. The van der Waals surface area contributed by atoms with E-state index >= 15 is 0 Å². The van der Waals surface area contributed by atoms with Crippen LogP contribution in [0.15, 0.2) is 12.1 Å². The molecule has 1 aromatic carbocycles. The van der Waals surface area contributed by atoms with Crippen LogP contribution in [0.2, 0.25) is 0 Å². The molecule has 0 unspecified atom stereocenters. The first-order valence-corrected chi connectivity index (χ1v) is 7.94. The van der Waals surface area contributed by atoms with Gasteiger partial charge in [0.25, 0.3) is 0 Å². The van der Waals surface area contributed by atoms with Crippen LogP contribution in [-0.2, 0) is 10.8 Å². The van der Waals surface area contributed by atoms with Crippen molar-refractivity contribution in [1.82, 2.24) is 0 Å². The second-order valence-corrected chi connectivity index (χ2v) is 7.98. The Morgan fingerprint density at radius 1 is 0.955 bits per heavy atom. The van der Waals surface area contributed by atoms with Crippen molar-refractivity contribution >= 4 is 5.97 Å². The van der Waals surface area contributed by atoms with Gasteiger partial charge in [-0.05, 0) is 34.3 Å². The molecule has 0 aromatic heterocycles. The monoisotopic (exact) mass is 306 g/mol. The minimum atomic E-state index is -1.08. The molecular weight excluding hydrogens is 276 g/mol. The highest BCUT2D eigenvalue weighted by atomic mass is 16.4. The number of aromatic carboxylic acids is 1. The summed E-state index contributed by atoms with van der Waals surface area (Å²) >= 11 is 0. The minimum absolute atomic E-state index is 0.00468. The van der Waals surface area contributed by atoms with E-state index in [1.807, 2.05) is 19.9 Å². The molecule has 0 atom stereocenters. The molecule has 0 heterocycles. The summed E-state index contributed by atoms with van der Waals surface area (Å²) in [5.41, 5.74) is 1.19. The van der Waals surface area contributed by atoms with Crippen LogP contribution < -0.4 is 0 Å². The highest BCUT2D eigenvalue weighted by Gasteiger charge is 2.34. The first-order valence-electron chi connectivity index (χ1n) is 7.94. The van der Waals surface area contributed by atoms with E-state index in [2.05, 4.69) is 41.5 Å². The molecule has 2 N–H and O–H groups in total. The van der Waals surface area contributed by atoms with Gasteiger partial charge in [-0.3, -0.25) is 0 Å². The van der Waals surface area contributed by atoms with E-state index < -0.39 is 5.97 Å². The van der Waals surface area contributed by atoms with Crippen molar-refractivity contribution in [1.29, 1.82) is 0 Å². The first-order chi connectivity index (χ1) is 9.83. The van der Waals surface area contributed by atoms with Crippen LogP contribution in [0.3, 0.4) is 0 Å². The van der Waals surface area contributed by atoms with Crippen LogP contribution in [0.4, 0.5) is 0 Å². The predicted molar refractivity (Wildman–Crippen MR) is 90.8 cm³/mol. The van der Waals surface area contributed by atoms with Crippen LogP contribution in [0.1, 0.15) is 76.9 Å². The second-order valence-electron chi connectivity index (χ2n) is 7.98. The molecule has 1 rings (SSSR count). The summed E-state index contributed by atoms with van der Waals surface area (Å²) in [7, 11) is 0. The Bertz CT molecular complexity index is 566. The molecule has 1 aromatic rings. The average molecular weight is 306 g/mol. The second kappa shape index (κ2) is 5.94. The van der Waals surface area contributed by atoms with Gasteiger partial charge in [-0.15, -0.1) is 0 Å². The highest BCUT2D eigenvalue weighted by molar-refractivity contribution is 5.92. The SMILES string of the molecule is CC(C)C(C)(C)c1cc(C(=O)O)c(O)c(C(C)(C)C(C)C)c1. The van der Waals surface area contributed by atoms with Crippen molar-refractivity contribution in [2.75, 3.05) is 0 Å². The van der Waals surface area contributed by atoms with Gasteiger partial charge >= 0.3 is 5.97 Å². The standard InChI is InChI=1S/C19H30O3/c1-11(2)18(5,6)13-9-14(17(21)22)16(20)15(10-13)19(7,8)12(3)4/h9-12,20H,1-8H3,(H,21,22). The molecule has 0 aliphatic rings. The summed E-state index contributed by atoms with van der Waals surface area (Å²) in [5, 5.41) is 20.0. The van der Waals surface area contributed by atoms with Gasteiger partial charge in [0, 0.05) is 5.56 Å². The van der Waals surface area contributed by atoms with Crippen LogP contribution in [0.25, 0.3) is 0 Å². The zero-order valence-electron chi connectivity index (χ0n) is 15.1. The topological polar surface area (TPSA) is 57.5 Å². The van der Waals surface area contributed by atoms with E-state index in [1.165, 1.54) is 0 Å². The number of hydrogen-bond acceptors (Lipinski definition) is 2. The van der Waals surface area contributed by atoms with Crippen molar-refractivity contribution in [3.05, 3.63) is 28.8 Å². The Balaban J connectivity index is 3.72. The minimum Gasteiger partial charge on any atom is -0.507 e. The average Bonchev–Trinajstić information content (AvgIpc) is 2.37. The molecule has 0 saturated heterocycles. The lowest BCUT2D eigenvalue weighted by atomic mass is 9.69. The summed E-state index contributed by atoms with van der Waals surface area (Å²) in [5.74, 6) is -0.555. The Morgan fingerprint density at radius 3 is 1.77 bits per heavy atom. The van der Waals surface area contributed by atoms with Gasteiger partial charge in [-0.25, -0.2) is 4.79 Å². The van der Waals surface area contributed by atoms with Crippen LogP contribution in [0.5, 0.6) is 5.75 Å². The molecular formula is C19H30O3. The van der Waals surface area contributed by atoms with Crippen molar-refractivity contribution < 1.29 is 15.0 Å². The van der Waals surface area contributed by atoms with Gasteiger partial charge in [0.1, 0.15) is 11.3 Å². The van der Waals surface area contributed by atoms with E-state index in [0.717, 1.165) is 5.56 Å². The third-order valence-electron chi connectivity index (χ3n) is 5.67. The smallest absolute Gasteiger partial charge is 0.339 e. The van der Waals surface area contributed by atoms with E-state index in [9.17, 15) is 15.0 Å². The number of benzene rings is 1. The number of carboxylic acid groups (broad SMARTS) is 1. The lowest BCUT2D eigenvalue weighted by molar-refractivity contribution is 0.0693. The van der Waals surface area contributed by atoms with Crippen molar-refractivity contribution in [3.63, 3.8) is 0 Å². The predicted octanol–water partition coefficient (Wildman–Crippen LogP) is 4.96. The van der Waals surface area contributed by atoms with Crippen LogP contribution >= 0.6 is 0 Å². The third-order valence-corrected chi connectivity index (χ3v) is 5.67. The van der Waals surface area contributed by atoms with Gasteiger partial charge in [0.2, 0.25) is 0 Å². The fourth-order valence-corrected chi connectivity index (χ4v) is 2.31. The molecule has 0 fully saturated rings. The molecule has 124 valence electrons. The lowest BCUT2D eigenvalue weighted by Gasteiger charge is -2.35. The normalized spacial score (nSPS) is 13.0.